The van der Waals surface area contributed by atoms with Crippen LogP contribution in [0.5, 0.6) is 0 Å². The molecular weight excluding hydrogens is 309 g/mol. The number of carbonyl (C=O) groups excluding carboxylic acids is 1. The molecule has 0 heterocycles. The molecule has 0 fully saturated rings. The van der Waals surface area contributed by atoms with Gasteiger partial charge in [0, 0.05) is 21.4 Å². The van der Waals surface area contributed by atoms with E-state index in [1.165, 1.54) is 0 Å². The molecule has 21 heavy (non-hydrogen) atoms. The molecule has 2 aromatic rings. The van der Waals surface area contributed by atoms with Crippen LogP contribution in [-0.2, 0) is 4.79 Å². The Morgan fingerprint density at radius 3 is 2.24 bits per heavy atom. The fourth-order valence-electron chi connectivity index (χ4n) is 1.67. The van der Waals surface area contributed by atoms with Gasteiger partial charge in [-0.3, -0.25) is 4.79 Å². The first-order valence-electron chi connectivity index (χ1n) is 6.07. The molecule has 0 saturated carbocycles. The van der Waals surface area contributed by atoms with Gasteiger partial charge in [-0.15, -0.1) is 0 Å². The first-order chi connectivity index (χ1) is 10.1. The van der Waals surface area contributed by atoms with Crippen LogP contribution in [0.4, 0.5) is 11.4 Å². The summed E-state index contributed by atoms with van der Waals surface area (Å²) in [6.45, 7) is 0.0800. The zero-order chi connectivity index (χ0) is 15.2. The minimum absolute atomic E-state index is 0.0800. The lowest BCUT2D eigenvalue weighted by atomic mass is 10.2. The highest BCUT2D eigenvalue weighted by Crippen LogP contribution is 2.22. The summed E-state index contributed by atoms with van der Waals surface area (Å²) < 4.78 is 0. The predicted molar refractivity (Wildman–Crippen MR) is 84.7 cm³/mol. The third-order valence-electron chi connectivity index (χ3n) is 2.61. The third kappa shape index (κ3) is 4.67. The van der Waals surface area contributed by atoms with Crippen LogP contribution in [0.2, 0.25) is 10.0 Å². The van der Waals surface area contributed by atoms with Gasteiger partial charge in [0.15, 0.2) is 0 Å². The van der Waals surface area contributed by atoms with Crippen LogP contribution in [-0.4, -0.2) is 12.5 Å². The lowest BCUT2D eigenvalue weighted by Gasteiger charge is -2.08. The average Bonchev–Trinajstić information content (AvgIpc) is 2.45. The Labute approximate surface area is 132 Å². The monoisotopic (exact) mass is 319 g/mol. The normalized spacial score (nSPS) is 9.76. The Morgan fingerprint density at radius 2 is 1.67 bits per heavy atom. The molecule has 106 valence electrons. The molecule has 0 saturated heterocycles. The van der Waals surface area contributed by atoms with Gasteiger partial charge in [-0.05, 0) is 42.5 Å². The van der Waals surface area contributed by atoms with Crippen molar-refractivity contribution in [2.24, 2.45) is 0 Å². The van der Waals surface area contributed by atoms with Gasteiger partial charge in [-0.2, -0.15) is 5.26 Å². The summed E-state index contributed by atoms with van der Waals surface area (Å²) in [5, 5.41) is 15.3. The van der Waals surface area contributed by atoms with Gasteiger partial charge in [0.1, 0.15) is 0 Å². The van der Waals surface area contributed by atoms with E-state index < -0.39 is 0 Å². The van der Waals surface area contributed by atoms with Crippen molar-refractivity contribution in [3.8, 4) is 6.07 Å². The molecule has 0 radical (unpaired) electrons. The predicted octanol–water partition coefficient (Wildman–Crippen LogP) is 3.92. The number of amides is 1. The smallest absolute Gasteiger partial charge is 0.243 e. The second-order valence-corrected chi connectivity index (χ2v) is 5.12. The molecule has 2 N–H and O–H groups in total. The number of hydrogen-bond donors (Lipinski definition) is 2. The molecule has 2 rings (SSSR count). The van der Waals surface area contributed by atoms with Crippen LogP contribution in [0, 0.1) is 11.3 Å². The molecule has 2 aromatic carbocycles. The Bertz CT molecular complexity index is 673. The summed E-state index contributed by atoms with van der Waals surface area (Å²) >= 11 is 11.7. The molecule has 6 heteroatoms. The standard InChI is InChI=1S/C15H11Cl2N3O/c16-11-5-12(17)7-14(6-11)19-9-15(21)20-13-3-1-10(8-18)2-4-13/h1-7,19H,9H2,(H,20,21). The van der Waals surface area contributed by atoms with Gasteiger partial charge in [0.25, 0.3) is 0 Å². The van der Waals surface area contributed by atoms with Crippen LogP contribution < -0.4 is 10.6 Å². The van der Waals surface area contributed by atoms with E-state index in [0.717, 1.165) is 0 Å². The van der Waals surface area contributed by atoms with Crippen molar-refractivity contribution >= 4 is 40.5 Å². The highest BCUT2D eigenvalue weighted by atomic mass is 35.5. The fraction of sp³-hybridized carbons (Fsp3) is 0.0667. The van der Waals surface area contributed by atoms with E-state index in [9.17, 15) is 4.79 Å². The van der Waals surface area contributed by atoms with E-state index in [1.54, 1.807) is 42.5 Å². The fourth-order valence-corrected chi connectivity index (χ4v) is 2.20. The average molecular weight is 320 g/mol. The van der Waals surface area contributed by atoms with Crippen LogP contribution in [0.15, 0.2) is 42.5 Å². The number of hydrogen-bond acceptors (Lipinski definition) is 3. The van der Waals surface area contributed by atoms with E-state index in [0.29, 0.717) is 27.0 Å². The summed E-state index contributed by atoms with van der Waals surface area (Å²) in [7, 11) is 0. The topological polar surface area (TPSA) is 64.9 Å². The lowest BCUT2D eigenvalue weighted by Crippen LogP contribution is -2.21. The maximum Gasteiger partial charge on any atom is 0.243 e. The van der Waals surface area contributed by atoms with Crippen LogP contribution in [0.1, 0.15) is 5.56 Å². The maximum atomic E-state index is 11.8. The molecular formula is C15H11Cl2N3O. The van der Waals surface area contributed by atoms with Crippen molar-refractivity contribution in [1.82, 2.24) is 0 Å². The van der Waals surface area contributed by atoms with E-state index in [1.807, 2.05) is 6.07 Å². The van der Waals surface area contributed by atoms with Gasteiger partial charge in [0.05, 0.1) is 18.2 Å². The Balaban J connectivity index is 1.91. The molecule has 0 aliphatic rings. The second-order valence-electron chi connectivity index (χ2n) is 4.25. The van der Waals surface area contributed by atoms with E-state index in [4.69, 9.17) is 28.5 Å². The van der Waals surface area contributed by atoms with E-state index in [-0.39, 0.29) is 12.5 Å². The van der Waals surface area contributed by atoms with Crippen LogP contribution in [0.3, 0.4) is 0 Å². The van der Waals surface area contributed by atoms with E-state index in [2.05, 4.69) is 10.6 Å². The third-order valence-corrected chi connectivity index (χ3v) is 3.05. The molecule has 0 unspecified atom stereocenters. The first-order valence-corrected chi connectivity index (χ1v) is 6.82. The number of halogens is 2. The number of nitrogens with zero attached hydrogens (tertiary/aromatic N) is 1. The van der Waals surface area contributed by atoms with Gasteiger partial charge in [0.2, 0.25) is 5.91 Å². The maximum absolute atomic E-state index is 11.8. The first kappa shape index (κ1) is 15.2. The van der Waals surface area contributed by atoms with Crippen molar-refractivity contribution in [1.29, 1.82) is 5.26 Å². The highest BCUT2D eigenvalue weighted by Gasteiger charge is 2.04. The molecule has 0 aromatic heterocycles. The molecule has 0 bridgehead atoms. The molecule has 0 atom stereocenters. The zero-order valence-corrected chi connectivity index (χ0v) is 12.4. The SMILES string of the molecule is N#Cc1ccc(NC(=O)CNc2cc(Cl)cc(Cl)c2)cc1. The number of rotatable bonds is 4. The second kappa shape index (κ2) is 6.98. The molecule has 1 amide bonds. The van der Waals surface area contributed by atoms with Crippen LogP contribution >= 0.6 is 23.2 Å². The number of anilines is 2. The number of benzene rings is 2. The quantitative estimate of drug-likeness (QED) is 0.897. The highest BCUT2D eigenvalue weighted by molar-refractivity contribution is 6.35. The zero-order valence-electron chi connectivity index (χ0n) is 10.9. The van der Waals surface area contributed by atoms with Gasteiger partial charge in [-0.25, -0.2) is 0 Å². The Morgan fingerprint density at radius 1 is 1.05 bits per heavy atom. The lowest BCUT2D eigenvalue weighted by molar-refractivity contribution is -0.114. The summed E-state index contributed by atoms with van der Waals surface area (Å²) in [5.41, 5.74) is 1.84. The van der Waals surface area contributed by atoms with Crippen molar-refractivity contribution in [3.05, 3.63) is 58.1 Å². The Kier molecular flexibility index (Phi) is 5.04. The van der Waals surface area contributed by atoms with E-state index >= 15 is 0 Å². The molecule has 4 nitrogen and oxygen atoms in total. The molecule has 0 spiro atoms. The van der Waals surface area contributed by atoms with Crippen molar-refractivity contribution in [2.75, 3.05) is 17.2 Å². The summed E-state index contributed by atoms with van der Waals surface area (Å²) in [4.78, 5) is 11.8. The number of carbonyl (C=O) groups is 1. The van der Waals surface area contributed by atoms with Crippen molar-refractivity contribution < 1.29 is 4.79 Å². The van der Waals surface area contributed by atoms with Gasteiger partial charge in [-0.1, -0.05) is 23.2 Å². The van der Waals surface area contributed by atoms with Crippen LogP contribution in [0.25, 0.3) is 0 Å². The summed E-state index contributed by atoms with van der Waals surface area (Å²) in [5.74, 6) is -0.212. The Hall–Kier alpha value is -2.22. The largest absolute Gasteiger partial charge is 0.376 e. The van der Waals surface area contributed by atoms with Gasteiger partial charge < -0.3 is 10.6 Å². The van der Waals surface area contributed by atoms with Crippen molar-refractivity contribution in [3.63, 3.8) is 0 Å². The van der Waals surface area contributed by atoms with Gasteiger partial charge >= 0.3 is 0 Å². The summed E-state index contributed by atoms with van der Waals surface area (Å²) in [6.07, 6.45) is 0. The minimum Gasteiger partial charge on any atom is -0.376 e. The number of nitriles is 1. The molecule has 0 aliphatic heterocycles. The molecule has 0 aliphatic carbocycles. The number of nitrogens with one attached hydrogen (secondary N) is 2. The van der Waals surface area contributed by atoms with Crippen molar-refractivity contribution in [2.45, 2.75) is 0 Å². The summed E-state index contributed by atoms with van der Waals surface area (Å²) in [6, 6.07) is 13.6. The minimum atomic E-state index is -0.212.